The molecular formula is C8H7F3N2O3. The lowest BCUT2D eigenvalue weighted by molar-refractivity contribution is -0.274. The second kappa shape index (κ2) is 4.17. The zero-order valence-corrected chi connectivity index (χ0v) is 7.71. The largest absolute Gasteiger partial charge is 0.573 e. The van der Waals surface area contributed by atoms with Crippen molar-refractivity contribution in [2.24, 2.45) is 0 Å². The number of nitrogens with one attached hydrogen (secondary N) is 1. The summed E-state index contributed by atoms with van der Waals surface area (Å²) in [6.45, 7) is 0. The first-order chi connectivity index (χ1) is 7.28. The molecule has 4 N–H and O–H groups in total. The molecule has 0 fully saturated rings. The van der Waals surface area contributed by atoms with E-state index in [9.17, 15) is 18.0 Å². The molecule has 0 saturated heterocycles. The Hall–Kier alpha value is -2.12. The maximum absolute atomic E-state index is 11.8. The Morgan fingerprint density at radius 3 is 2.50 bits per heavy atom. The minimum absolute atomic E-state index is 0.0120. The van der Waals surface area contributed by atoms with Crippen LogP contribution in [0.25, 0.3) is 0 Å². The number of benzene rings is 1. The van der Waals surface area contributed by atoms with Gasteiger partial charge in [-0.3, -0.25) is 5.32 Å². The number of nitrogen functional groups attached to an aromatic ring is 1. The van der Waals surface area contributed by atoms with E-state index in [1.165, 1.54) is 0 Å². The maximum atomic E-state index is 11.8. The van der Waals surface area contributed by atoms with Gasteiger partial charge in [0.15, 0.2) is 0 Å². The molecular weight excluding hydrogens is 229 g/mol. The summed E-state index contributed by atoms with van der Waals surface area (Å²) in [6, 6.07) is 2.90. The molecule has 0 aromatic heterocycles. The van der Waals surface area contributed by atoms with Crippen molar-refractivity contribution in [3.63, 3.8) is 0 Å². The second-order valence-corrected chi connectivity index (χ2v) is 2.73. The van der Waals surface area contributed by atoms with Crippen LogP contribution in [0, 0.1) is 0 Å². The first-order valence-electron chi connectivity index (χ1n) is 3.93. The standard InChI is InChI=1S/C8H7F3N2O3/c9-8(10,11)16-4-1-2-6(5(12)3-4)13-7(14)15/h1-3,13H,12H2,(H,14,15). The van der Waals surface area contributed by atoms with Crippen LogP contribution in [0.2, 0.25) is 0 Å². The Morgan fingerprint density at radius 2 is 2.06 bits per heavy atom. The third-order valence-electron chi connectivity index (χ3n) is 1.50. The fourth-order valence-electron chi connectivity index (χ4n) is 0.967. The van der Waals surface area contributed by atoms with Gasteiger partial charge >= 0.3 is 12.5 Å². The quantitative estimate of drug-likeness (QED) is 0.687. The van der Waals surface area contributed by atoms with E-state index in [1.807, 2.05) is 5.32 Å². The molecule has 0 radical (unpaired) electrons. The van der Waals surface area contributed by atoms with Gasteiger partial charge in [0, 0.05) is 6.07 Å². The summed E-state index contributed by atoms with van der Waals surface area (Å²) in [5.41, 5.74) is 5.14. The van der Waals surface area contributed by atoms with Gasteiger partial charge in [-0.2, -0.15) is 0 Å². The molecule has 0 saturated carbocycles. The first-order valence-corrected chi connectivity index (χ1v) is 3.93. The fourth-order valence-corrected chi connectivity index (χ4v) is 0.967. The average molecular weight is 236 g/mol. The lowest BCUT2D eigenvalue weighted by Crippen LogP contribution is -2.17. The Kier molecular flexibility index (Phi) is 3.11. The van der Waals surface area contributed by atoms with Crippen molar-refractivity contribution in [3.05, 3.63) is 18.2 Å². The summed E-state index contributed by atoms with van der Waals surface area (Å²) >= 11 is 0. The third-order valence-corrected chi connectivity index (χ3v) is 1.50. The number of carboxylic acid groups (broad SMARTS) is 1. The highest BCUT2D eigenvalue weighted by atomic mass is 19.4. The number of amides is 1. The number of nitrogens with two attached hydrogens (primary N) is 1. The number of ether oxygens (including phenoxy) is 1. The van der Waals surface area contributed by atoms with E-state index in [4.69, 9.17) is 10.8 Å². The molecule has 0 aliphatic carbocycles. The molecule has 0 spiro atoms. The number of anilines is 2. The number of hydrogen-bond donors (Lipinski definition) is 3. The van der Waals surface area contributed by atoms with E-state index < -0.39 is 18.2 Å². The Labute approximate surface area is 87.6 Å². The predicted octanol–water partition coefficient (Wildman–Crippen LogP) is 2.26. The Morgan fingerprint density at radius 1 is 1.44 bits per heavy atom. The number of alkyl halides is 3. The second-order valence-electron chi connectivity index (χ2n) is 2.73. The molecule has 0 atom stereocenters. The van der Waals surface area contributed by atoms with E-state index >= 15 is 0 Å². The summed E-state index contributed by atoms with van der Waals surface area (Å²) in [5, 5.41) is 10.3. The minimum atomic E-state index is -4.81. The molecule has 0 aliphatic heterocycles. The minimum Gasteiger partial charge on any atom is -0.465 e. The lowest BCUT2D eigenvalue weighted by atomic mass is 10.2. The summed E-state index contributed by atoms with van der Waals surface area (Å²) in [7, 11) is 0. The molecule has 0 unspecified atom stereocenters. The van der Waals surface area contributed by atoms with E-state index in [2.05, 4.69) is 4.74 Å². The fraction of sp³-hybridized carbons (Fsp3) is 0.125. The van der Waals surface area contributed by atoms with Crippen LogP contribution in [0.1, 0.15) is 0 Å². The van der Waals surface area contributed by atoms with Gasteiger partial charge in [0.25, 0.3) is 0 Å². The monoisotopic (exact) mass is 236 g/mol. The summed E-state index contributed by atoms with van der Waals surface area (Å²) in [4.78, 5) is 10.3. The maximum Gasteiger partial charge on any atom is 0.573 e. The van der Waals surface area contributed by atoms with E-state index in [0.29, 0.717) is 0 Å². The first kappa shape index (κ1) is 12.0. The highest BCUT2D eigenvalue weighted by Gasteiger charge is 2.31. The van der Waals surface area contributed by atoms with Gasteiger partial charge in [-0.1, -0.05) is 0 Å². The van der Waals surface area contributed by atoms with Crippen molar-refractivity contribution in [1.82, 2.24) is 0 Å². The molecule has 0 aliphatic rings. The van der Waals surface area contributed by atoms with Crippen LogP contribution >= 0.6 is 0 Å². The van der Waals surface area contributed by atoms with Crippen molar-refractivity contribution >= 4 is 17.5 Å². The van der Waals surface area contributed by atoms with Gasteiger partial charge in [-0.25, -0.2) is 4.79 Å². The van der Waals surface area contributed by atoms with Gasteiger partial charge in [0.05, 0.1) is 11.4 Å². The van der Waals surface area contributed by atoms with Crippen molar-refractivity contribution in [1.29, 1.82) is 0 Å². The van der Waals surface area contributed by atoms with Crippen LogP contribution in [0.5, 0.6) is 5.75 Å². The summed E-state index contributed by atoms with van der Waals surface area (Å²) in [6.07, 6.45) is -6.18. The van der Waals surface area contributed by atoms with E-state index in [0.717, 1.165) is 18.2 Å². The molecule has 1 aromatic rings. The summed E-state index contributed by atoms with van der Waals surface area (Å²) in [5.74, 6) is -0.513. The van der Waals surface area contributed by atoms with Crippen LogP contribution in [0.4, 0.5) is 29.3 Å². The molecule has 1 aromatic carbocycles. The molecule has 0 heterocycles. The number of rotatable bonds is 2. The van der Waals surface area contributed by atoms with Gasteiger partial charge in [-0.05, 0) is 12.1 Å². The zero-order chi connectivity index (χ0) is 12.3. The topological polar surface area (TPSA) is 84.6 Å². The average Bonchev–Trinajstić information content (AvgIpc) is 2.06. The summed E-state index contributed by atoms with van der Waals surface area (Å²) < 4.78 is 39.0. The highest BCUT2D eigenvalue weighted by Crippen LogP contribution is 2.28. The molecule has 1 rings (SSSR count). The predicted molar refractivity (Wildman–Crippen MR) is 49.2 cm³/mol. The number of halogens is 3. The van der Waals surface area contributed by atoms with Crippen LogP contribution < -0.4 is 15.8 Å². The lowest BCUT2D eigenvalue weighted by Gasteiger charge is -2.11. The van der Waals surface area contributed by atoms with Gasteiger partial charge in [-0.15, -0.1) is 13.2 Å². The highest BCUT2D eigenvalue weighted by molar-refractivity contribution is 5.87. The molecule has 1 amide bonds. The van der Waals surface area contributed by atoms with Gasteiger partial charge in [0.1, 0.15) is 5.75 Å². The van der Waals surface area contributed by atoms with Crippen LogP contribution in [0.3, 0.4) is 0 Å². The molecule has 88 valence electrons. The normalized spacial score (nSPS) is 10.9. The number of carbonyl (C=O) groups is 1. The SMILES string of the molecule is Nc1cc(OC(F)(F)F)ccc1NC(=O)O. The molecule has 5 nitrogen and oxygen atoms in total. The zero-order valence-electron chi connectivity index (χ0n) is 7.71. The molecule has 0 bridgehead atoms. The van der Waals surface area contributed by atoms with E-state index in [1.54, 1.807) is 0 Å². The van der Waals surface area contributed by atoms with Crippen molar-refractivity contribution < 1.29 is 27.8 Å². The Balaban J connectivity index is 2.87. The van der Waals surface area contributed by atoms with Crippen LogP contribution in [0.15, 0.2) is 18.2 Å². The van der Waals surface area contributed by atoms with Crippen molar-refractivity contribution in [2.45, 2.75) is 6.36 Å². The molecule has 8 heteroatoms. The van der Waals surface area contributed by atoms with Crippen LogP contribution in [-0.4, -0.2) is 17.6 Å². The van der Waals surface area contributed by atoms with E-state index in [-0.39, 0.29) is 11.4 Å². The van der Waals surface area contributed by atoms with Crippen molar-refractivity contribution in [3.8, 4) is 5.75 Å². The van der Waals surface area contributed by atoms with Crippen LogP contribution in [-0.2, 0) is 0 Å². The third kappa shape index (κ3) is 3.56. The van der Waals surface area contributed by atoms with Gasteiger partial charge < -0.3 is 15.6 Å². The smallest absolute Gasteiger partial charge is 0.465 e. The van der Waals surface area contributed by atoms with Gasteiger partial charge in [0.2, 0.25) is 0 Å². The molecule has 16 heavy (non-hydrogen) atoms. The van der Waals surface area contributed by atoms with Crippen molar-refractivity contribution in [2.75, 3.05) is 11.1 Å². The Bertz CT molecular complexity index is 406. The number of hydrogen-bond acceptors (Lipinski definition) is 3.